The molecule has 72 heavy (non-hydrogen) atoms. The number of amides is 3. The molecule has 0 saturated carbocycles. The number of nitrogens with zero attached hydrogens (tertiary/aromatic N) is 9. The molecule has 4 aromatic heterocycles. The number of aliphatic hydroxyl groups is 4. The number of thiazole rings is 1. The average molecular weight is 1070 g/mol. The van der Waals surface area contributed by atoms with Crippen LogP contribution in [0.2, 0.25) is 0 Å². The van der Waals surface area contributed by atoms with Crippen LogP contribution in [0.5, 0.6) is 0 Å². The third-order valence-corrected chi connectivity index (χ3v) is 14.4. The van der Waals surface area contributed by atoms with E-state index < -0.39 is 47.8 Å². The highest BCUT2D eigenvalue weighted by Crippen LogP contribution is 2.37. The van der Waals surface area contributed by atoms with E-state index in [4.69, 9.17) is 0 Å². The number of aromatic nitrogens is 7. The zero-order valence-electron chi connectivity index (χ0n) is 40.7. The number of aliphatic hydroxyl groups excluding tert-OH is 4. The molecule has 2 aliphatic heterocycles. The summed E-state index contributed by atoms with van der Waals surface area (Å²) in [6.45, 7) is 9.96. The van der Waals surface area contributed by atoms with Crippen LogP contribution in [0.3, 0.4) is 0 Å². The Bertz CT molecular complexity index is 2780. The first-order valence-electron chi connectivity index (χ1n) is 24.0. The minimum Gasteiger partial charge on any atom is -0.382 e. The molecule has 0 unspecified atom stereocenters. The second kappa shape index (κ2) is 24.0. The third-order valence-electron chi connectivity index (χ3n) is 13.0. The number of hydrogen-bond donors (Lipinski definition) is 5. The molecule has 19 nitrogen and oxygen atoms in total. The molecule has 8 atom stereocenters. The van der Waals surface area contributed by atoms with Gasteiger partial charge in [0, 0.05) is 75.3 Å². The SMILES string of the molecule is CC(=O)Nc1nc([C@H]2CCCN2C(=O)[C@H](O)[C@@H](O)C(=O)C[C@H](C)c2ccc(-n3cccn3)cc2)cs1.CC(C)n1cc(Br)c([C@H]2CCCN2C(=O)[C@H](O)[C@@H](O)C(=O)C[C@H](C)c2ccc(-n3cccn3)cc2)n1. The van der Waals surface area contributed by atoms with E-state index in [0.29, 0.717) is 43.2 Å². The summed E-state index contributed by atoms with van der Waals surface area (Å²) in [5.41, 5.74) is 4.91. The minimum absolute atomic E-state index is 0.000391. The van der Waals surface area contributed by atoms with Crippen LogP contribution in [0.1, 0.15) is 126 Å². The number of hydrogen-bond acceptors (Lipinski definition) is 14. The Hall–Kier alpha value is -6.23. The van der Waals surface area contributed by atoms with Crippen LogP contribution in [0.25, 0.3) is 11.4 Å². The van der Waals surface area contributed by atoms with E-state index in [1.807, 2.05) is 112 Å². The molecule has 6 heterocycles. The van der Waals surface area contributed by atoms with Crippen LogP contribution in [0, 0.1) is 0 Å². The first kappa shape index (κ1) is 53.6. The number of anilines is 1. The number of halogens is 1. The standard InChI is InChI=1S/C26H32BrN5O4.C25H29N5O5S/c1-16(2)32-15-20(27)23(29-32)21-6-4-12-30(21)26(36)25(35)24(34)22(33)14-17(3)18-7-9-19(10-8-18)31-13-5-11-28-31;1-15(17-6-8-18(9-7-17)30-12-4-10-26-30)13-21(32)22(33)23(34)24(35)29-11-3-5-20(29)19-14-36-25(28-19)27-16(2)31/h5,7-11,13,15-17,21,24-25,34-35H,4,6,12,14H2,1-3H3;4,6-10,12,14-15,20,22-23,33-34H,3,5,11,13H2,1-2H3,(H,27,28,31)/t17-,21+,24-,25+;15-,20+,22-,23+/m00/s1. The molecule has 21 heteroatoms. The average Bonchev–Trinajstić information content (AvgIpc) is 4.24. The van der Waals surface area contributed by atoms with Gasteiger partial charge in [0.1, 0.15) is 12.2 Å². The Morgan fingerprint density at radius 2 is 1.18 bits per heavy atom. The summed E-state index contributed by atoms with van der Waals surface area (Å²) in [5, 5.41) is 60.2. The van der Waals surface area contributed by atoms with Crippen molar-refractivity contribution >= 4 is 61.7 Å². The van der Waals surface area contributed by atoms with Crippen LogP contribution in [-0.2, 0) is 24.0 Å². The van der Waals surface area contributed by atoms with Gasteiger partial charge in [-0.25, -0.2) is 14.3 Å². The molecule has 3 amide bonds. The van der Waals surface area contributed by atoms with E-state index in [1.54, 1.807) is 27.1 Å². The van der Waals surface area contributed by atoms with Gasteiger partial charge in [0.2, 0.25) is 5.91 Å². The van der Waals surface area contributed by atoms with Crippen LogP contribution in [0.4, 0.5) is 5.13 Å². The van der Waals surface area contributed by atoms with E-state index in [-0.39, 0.29) is 48.7 Å². The lowest BCUT2D eigenvalue weighted by Gasteiger charge is -2.28. The maximum atomic E-state index is 13.1. The van der Waals surface area contributed by atoms with E-state index >= 15 is 0 Å². The Morgan fingerprint density at radius 1 is 0.708 bits per heavy atom. The summed E-state index contributed by atoms with van der Waals surface area (Å²) < 4.78 is 6.07. The summed E-state index contributed by atoms with van der Waals surface area (Å²) in [6, 6.07) is 18.3. The summed E-state index contributed by atoms with van der Waals surface area (Å²) in [5.74, 6) is -3.18. The number of ketones is 2. The molecule has 0 aliphatic carbocycles. The largest absolute Gasteiger partial charge is 0.382 e. The van der Waals surface area contributed by atoms with Gasteiger partial charge in [-0.15, -0.1) is 11.3 Å². The molecule has 2 aliphatic rings. The maximum absolute atomic E-state index is 13.1. The highest BCUT2D eigenvalue weighted by Gasteiger charge is 2.41. The molecule has 382 valence electrons. The van der Waals surface area contributed by atoms with E-state index in [0.717, 1.165) is 39.1 Å². The zero-order chi connectivity index (χ0) is 51.8. The Labute approximate surface area is 429 Å². The van der Waals surface area contributed by atoms with Gasteiger partial charge in [-0.2, -0.15) is 15.3 Å². The topological polar surface area (TPSA) is 251 Å². The van der Waals surface area contributed by atoms with Gasteiger partial charge >= 0.3 is 0 Å². The number of benzene rings is 2. The Balaban J connectivity index is 0.000000211. The number of Topliss-reactive ketones (excluding diaryl/α,β-unsaturated/α-hetero) is 2. The van der Waals surface area contributed by atoms with Crippen molar-refractivity contribution in [1.29, 1.82) is 0 Å². The van der Waals surface area contributed by atoms with Crippen LogP contribution in [-0.4, -0.2) is 131 Å². The smallest absolute Gasteiger partial charge is 0.255 e. The van der Waals surface area contributed by atoms with Gasteiger partial charge < -0.3 is 35.5 Å². The summed E-state index contributed by atoms with van der Waals surface area (Å²) in [6.07, 6.45) is 4.40. The van der Waals surface area contributed by atoms with Crippen molar-refractivity contribution in [2.24, 2.45) is 0 Å². The molecule has 0 spiro atoms. The highest BCUT2D eigenvalue weighted by molar-refractivity contribution is 9.10. The maximum Gasteiger partial charge on any atom is 0.255 e. The van der Waals surface area contributed by atoms with Crippen molar-refractivity contribution in [2.45, 2.75) is 128 Å². The van der Waals surface area contributed by atoms with E-state index in [9.17, 15) is 44.4 Å². The minimum atomic E-state index is -1.86. The lowest BCUT2D eigenvalue weighted by atomic mass is 9.92. The third kappa shape index (κ3) is 12.7. The molecule has 6 aromatic rings. The van der Waals surface area contributed by atoms with E-state index in [2.05, 4.69) is 41.5 Å². The molecule has 2 fully saturated rings. The van der Waals surface area contributed by atoms with Gasteiger partial charge in [0.05, 0.1) is 39.3 Å². The lowest BCUT2D eigenvalue weighted by Crippen LogP contribution is -2.47. The van der Waals surface area contributed by atoms with Gasteiger partial charge in [-0.3, -0.25) is 28.7 Å². The van der Waals surface area contributed by atoms with Crippen LogP contribution in [0.15, 0.2) is 102 Å². The molecule has 2 aromatic carbocycles. The van der Waals surface area contributed by atoms with Crippen molar-refractivity contribution in [1.82, 2.24) is 44.1 Å². The predicted octanol–water partition coefficient (Wildman–Crippen LogP) is 6.00. The molecule has 0 bridgehead atoms. The summed E-state index contributed by atoms with van der Waals surface area (Å²) in [4.78, 5) is 70.3. The predicted molar refractivity (Wildman–Crippen MR) is 271 cm³/mol. The Kier molecular flexibility index (Phi) is 17.9. The van der Waals surface area contributed by atoms with Crippen molar-refractivity contribution in [3.05, 3.63) is 124 Å². The summed E-state index contributed by atoms with van der Waals surface area (Å²) in [7, 11) is 0. The Morgan fingerprint density at radius 3 is 1.61 bits per heavy atom. The molecule has 8 rings (SSSR count). The fourth-order valence-corrected chi connectivity index (χ4v) is 10.3. The van der Waals surface area contributed by atoms with Crippen molar-refractivity contribution in [3.63, 3.8) is 0 Å². The number of carbonyl (C=O) groups is 5. The monoisotopic (exact) mass is 1070 g/mol. The van der Waals surface area contributed by atoms with Crippen molar-refractivity contribution in [2.75, 3.05) is 18.4 Å². The molecule has 0 radical (unpaired) electrons. The van der Waals surface area contributed by atoms with E-state index in [1.165, 1.54) is 28.1 Å². The first-order valence-corrected chi connectivity index (χ1v) is 25.6. The first-order chi connectivity index (χ1) is 34.4. The van der Waals surface area contributed by atoms with Gasteiger partial charge in [0.25, 0.3) is 11.8 Å². The summed E-state index contributed by atoms with van der Waals surface area (Å²) >= 11 is 4.79. The normalized spacial score (nSPS) is 18.2. The molecular formula is C51H61BrN10O9S. The number of nitrogens with one attached hydrogen (secondary N) is 1. The van der Waals surface area contributed by atoms with Gasteiger partial charge in [-0.05, 0) is 115 Å². The fraction of sp³-hybridized carbons (Fsp3) is 0.431. The quantitative estimate of drug-likeness (QED) is 0.0664. The number of likely N-dealkylation sites (tertiary alicyclic amines) is 2. The number of carbonyl (C=O) groups excluding carboxylic acids is 5. The van der Waals surface area contributed by atoms with Gasteiger partial charge in [0.15, 0.2) is 28.9 Å². The molecule has 5 N–H and O–H groups in total. The van der Waals surface area contributed by atoms with Crippen molar-refractivity contribution < 1.29 is 44.4 Å². The lowest BCUT2D eigenvalue weighted by molar-refractivity contribution is -0.153. The van der Waals surface area contributed by atoms with Crippen molar-refractivity contribution in [3.8, 4) is 11.4 Å². The van der Waals surface area contributed by atoms with Crippen LogP contribution >= 0.6 is 27.3 Å². The van der Waals surface area contributed by atoms with Gasteiger partial charge in [-0.1, -0.05) is 38.1 Å². The van der Waals surface area contributed by atoms with Crippen LogP contribution < -0.4 is 5.32 Å². The second-order valence-corrected chi connectivity index (χ2v) is 20.3. The zero-order valence-corrected chi connectivity index (χ0v) is 43.1. The molecular weight excluding hydrogens is 1010 g/mol. The second-order valence-electron chi connectivity index (χ2n) is 18.6. The number of rotatable bonds is 18. The fourth-order valence-electron chi connectivity index (χ4n) is 8.97. The highest BCUT2D eigenvalue weighted by atomic mass is 79.9. The molecule has 2 saturated heterocycles.